The number of benzene rings is 2. The largest absolute Gasteiger partial charge is 0.393 e. The summed E-state index contributed by atoms with van der Waals surface area (Å²) in [4.78, 5) is 4.98. The maximum Gasteiger partial charge on any atom is 0.110 e. The van der Waals surface area contributed by atoms with Gasteiger partial charge < -0.3 is 19.5 Å². The van der Waals surface area contributed by atoms with Gasteiger partial charge in [0.2, 0.25) is 0 Å². The second-order valence-electron chi connectivity index (χ2n) is 10.6. The predicted octanol–water partition coefficient (Wildman–Crippen LogP) is 4.51. The second-order valence-corrected chi connectivity index (χ2v) is 10.6. The molecule has 6 rings (SSSR count). The zero-order chi connectivity index (χ0) is 26.4. The maximum atomic E-state index is 10.9. The summed E-state index contributed by atoms with van der Waals surface area (Å²) in [5.74, 6) is 0.357. The molecule has 0 spiro atoms. The Kier molecular flexibility index (Phi) is 6.26. The summed E-state index contributed by atoms with van der Waals surface area (Å²) in [6.45, 7) is 4.71. The van der Waals surface area contributed by atoms with Crippen LogP contribution in [-0.4, -0.2) is 54.6 Å². The molecular formula is C30H33N5O3. The van der Waals surface area contributed by atoms with E-state index < -0.39 is 5.60 Å². The van der Waals surface area contributed by atoms with Crippen molar-refractivity contribution in [3.8, 4) is 11.3 Å². The number of hydrogen-bond acceptors (Lipinski definition) is 6. The first-order chi connectivity index (χ1) is 18.4. The number of hydrogen-bond donors (Lipinski definition) is 2. The average molecular weight is 512 g/mol. The van der Waals surface area contributed by atoms with Crippen molar-refractivity contribution in [2.45, 2.75) is 38.3 Å². The van der Waals surface area contributed by atoms with Gasteiger partial charge in [-0.25, -0.2) is 4.68 Å². The SMILES string of the molecule is Cc1nnn(C)c1-c1cnc2c3ccc(C(C)(O)CO)cc3n(C(c3ccccc3)C3CCOCC3)c2c1. The molecular weight excluding hydrogens is 478 g/mol. The van der Waals surface area contributed by atoms with Crippen LogP contribution >= 0.6 is 0 Å². The number of fused-ring (bicyclic) bond motifs is 3. The third-order valence-electron chi connectivity index (χ3n) is 7.97. The molecule has 2 unspecified atom stereocenters. The molecule has 2 atom stereocenters. The van der Waals surface area contributed by atoms with Gasteiger partial charge in [-0.15, -0.1) is 5.10 Å². The van der Waals surface area contributed by atoms with E-state index in [0.717, 1.165) is 64.9 Å². The van der Waals surface area contributed by atoms with Crippen LogP contribution in [0.3, 0.4) is 0 Å². The fraction of sp³-hybridized carbons (Fsp3) is 0.367. The average Bonchev–Trinajstić information content (AvgIpc) is 3.45. The topological polar surface area (TPSA) is 98.2 Å². The quantitative estimate of drug-likeness (QED) is 0.348. The van der Waals surface area contributed by atoms with Crippen LogP contribution in [0, 0.1) is 12.8 Å². The van der Waals surface area contributed by atoms with Gasteiger partial charge in [0.25, 0.3) is 0 Å². The van der Waals surface area contributed by atoms with Crippen LogP contribution in [0.1, 0.15) is 42.6 Å². The number of rotatable bonds is 6. The number of aryl methyl sites for hydroxylation is 2. The number of aromatic nitrogens is 5. The second kappa shape index (κ2) is 9.62. The van der Waals surface area contributed by atoms with Crippen molar-refractivity contribution in [1.82, 2.24) is 24.5 Å². The molecule has 3 aromatic heterocycles. The summed E-state index contributed by atoms with van der Waals surface area (Å²) in [5.41, 5.74) is 6.17. The van der Waals surface area contributed by atoms with Crippen LogP contribution < -0.4 is 0 Å². The van der Waals surface area contributed by atoms with Gasteiger partial charge >= 0.3 is 0 Å². The molecule has 0 amide bonds. The summed E-state index contributed by atoms with van der Waals surface area (Å²) in [5, 5.41) is 30.3. The Morgan fingerprint density at radius 2 is 1.84 bits per heavy atom. The first-order valence-electron chi connectivity index (χ1n) is 13.2. The number of ether oxygens (including phenoxy) is 1. The van der Waals surface area contributed by atoms with Crippen molar-refractivity contribution in [2.75, 3.05) is 19.8 Å². The highest BCUT2D eigenvalue weighted by Gasteiger charge is 2.31. The molecule has 196 valence electrons. The summed E-state index contributed by atoms with van der Waals surface area (Å²) in [7, 11) is 1.90. The van der Waals surface area contributed by atoms with E-state index in [9.17, 15) is 10.2 Å². The van der Waals surface area contributed by atoms with Gasteiger partial charge in [-0.05, 0) is 55.9 Å². The molecule has 8 nitrogen and oxygen atoms in total. The minimum atomic E-state index is -1.35. The molecule has 0 radical (unpaired) electrons. The van der Waals surface area contributed by atoms with Crippen molar-refractivity contribution >= 4 is 21.9 Å². The zero-order valence-electron chi connectivity index (χ0n) is 22.0. The van der Waals surface area contributed by atoms with Gasteiger partial charge in [0.15, 0.2) is 0 Å². The molecule has 2 N–H and O–H groups in total. The molecule has 0 aliphatic carbocycles. The zero-order valence-corrected chi connectivity index (χ0v) is 22.0. The van der Waals surface area contributed by atoms with Gasteiger partial charge in [-0.3, -0.25) is 4.98 Å². The van der Waals surface area contributed by atoms with E-state index in [-0.39, 0.29) is 12.6 Å². The van der Waals surface area contributed by atoms with Crippen LogP contribution in [0.5, 0.6) is 0 Å². The molecule has 0 saturated carbocycles. The smallest absolute Gasteiger partial charge is 0.110 e. The van der Waals surface area contributed by atoms with Gasteiger partial charge in [0.1, 0.15) is 5.60 Å². The van der Waals surface area contributed by atoms with E-state index in [1.807, 2.05) is 44.4 Å². The highest BCUT2D eigenvalue weighted by atomic mass is 16.5. The van der Waals surface area contributed by atoms with Crippen LogP contribution in [0.2, 0.25) is 0 Å². The fourth-order valence-electron chi connectivity index (χ4n) is 5.93. The first-order valence-corrected chi connectivity index (χ1v) is 13.2. The molecule has 4 heterocycles. The lowest BCUT2D eigenvalue weighted by Crippen LogP contribution is -2.27. The lowest BCUT2D eigenvalue weighted by Gasteiger charge is -2.33. The van der Waals surface area contributed by atoms with Crippen molar-refractivity contribution in [1.29, 1.82) is 0 Å². The van der Waals surface area contributed by atoms with E-state index in [0.29, 0.717) is 11.5 Å². The number of pyridine rings is 1. The standard InChI is InChI=1S/C30H33N5O3/c1-19-28(34(3)33-32-19)22-15-26-27(31-17-22)24-10-9-23(30(2,37)18-36)16-25(24)35(26)29(20-7-5-4-6-8-20)21-11-13-38-14-12-21/h4-10,15-17,21,29,36-37H,11-14,18H2,1-3H3. The minimum Gasteiger partial charge on any atom is -0.393 e. The molecule has 1 aliphatic rings. The molecule has 8 heteroatoms. The molecule has 38 heavy (non-hydrogen) atoms. The third kappa shape index (κ3) is 4.09. The molecule has 2 aromatic carbocycles. The monoisotopic (exact) mass is 511 g/mol. The molecule has 1 aliphatic heterocycles. The Morgan fingerprint density at radius 1 is 1.08 bits per heavy atom. The molecule has 1 saturated heterocycles. The number of aliphatic hydroxyl groups is 2. The van der Waals surface area contributed by atoms with E-state index >= 15 is 0 Å². The van der Waals surface area contributed by atoms with Crippen molar-refractivity contribution < 1.29 is 14.9 Å². The summed E-state index contributed by atoms with van der Waals surface area (Å²) in [6, 6.07) is 18.8. The van der Waals surface area contributed by atoms with Crippen molar-refractivity contribution in [3.63, 3.8) is 0 Å². The Hall–Kier alpha value is -3.59. The normalized spacial score (nSPS) is 17.2. The van der Waals surface area contributed by atoms with E-state index in [2.05, 4.69) is 45.2 Å². The maximum absolute atomic E-state index is 10.9. The molecule has 1 fully saturated rings. The van der Waals surface area contributed by atoms with E-state index in [1.54, 1.807) is 11.6 Å². The Morgan fingerprint density at radius 3 is 2.53 bits per heavy atom. The molecule has 5 aromatic rings. The van der Waals surface area contributed by atoms with Crippen molar-refractivity contribution in [3.05, 3.63) is 77.6 Å². The van der Waals surface area contributed by atoms with Gasteiger partial charge in [0, 0.05) is 37.4 Å². The lowest BCUT2D eigenvalue weighted by molar-refractivity contribution is -0.00220. The van der Waals surface area contributed by atoms with Crippen LogP contribution in [0.15, 0.2) is 60.8 Å². The molecule has 0 bridgehead atoms. The summed E-state index contributed by atoms with van der Waals surface area (Å²) >= 11 is 0. The van der Waals surface area contributed by atoms with E-state index in [1.165, 1.54) is 5.56 Å². The third-order valence-corrected chi connectivity index (χ3v) is 7.97. The van der Waals surface area contributed by atoms with E-state index in [4.69, 9.17) is 9.72 Å². The Bertz CT molecular complexity index is 1580. The highest BCUT2D eigenvalue weighted by molar-refractivity contribution is 6.07. The summed E-state index contributed by atoms with van der Waals surface area (Å²) in [6.07, 6.45) is 3.79. The highest BCUT2D eigenvalue weighted by Crippen LogP contribution is 2.42. The summed E-state index contributed by atoms with van der Waals surface area (Å²) < 4.78 is 9.93. The minimum absolute atomic E-state index is 0.0391. The van der Waals surface area contributed by atoms with Gasteiger partial charge in [-0.1, -0.05) is 47.7 Å². The van der Waals surface area contributed by atoms with Crippen LogP contribution in [0.25, 0.3) is 33.2 Å². The Labute approximate surface area is 221 Å². The lowest BCUT2D eigenvalue weighted by atomic mass is 9.86. The van der Waals surface area contributed by atoms with Crippen LogP contribution in [0.4, 0.5) is 0 Å². The first kappa shape index (κ1) is 24.7. The van der Waals surface area contributed by atoms with Gasteiger partial charge in [0.05, 0.1) is 40.6 Å². The number of nitrogens with zero attached hydrogens (tertiary/aromatic N) is 5. The van der Waals surface area contributed by atoms with Crippen LogP contribution in [-0.2, 0) is 17.4 Å². The van der Waals surface area contributed by atoms with Gasteiger partial charge in [-0.2, -0.15) is 0 Å². The predicted molar refractivity (Wildman–Crippen MR) is 147 cm³/mol. The Balaban J connectivity index is 1.69. The fourth-order valence-corrected chi connectivity index (χ4v) is 5.93. The number of aliphatic hydroxyl groups excluding tert-OH is 1. The van der Waals surface area contributed by atoms with Crippen molar-refractivity contribution in [2.24, 2.45) is 13.0 Å².